The van der Waals surface area contributed by atoms with Gasteiger partial charge in [0.05, 0.1) is 24.5 Å². The highest BCUT2D eigenvalue weighted by Gasteiger charge is 2.20. The Kier molecular flexibility index (Phi) is 4.69. The summed E-state index contributed by atoms with van der Waals surface area (Å²) in [4.78, 5) is 2.21. The van der Waals surface area contributed by atoms with Gasteiger partial charge in [-0.1, -0.05) is 5.10 Å². The number of hydrogen-bond donors (Lipinski definition) is 5. The summed E-state index contributed by atoms with van der Waals surface area (Å²) in [5.41, 5.74) is 13.7. The quantitative estimate of drug-likeness (QED) is 0.249. The number of amidine groups is 1. The van der Waals surface area contributed by atoms with Gasteiger partial charge in [-0.25, -0.2) is 4.57 Å². The van der Waals surface area contributed by atoms with Crippen molar-refractivity contribution in [3.63, 3.8) is 0 Å². The number of aromatic nitrogens is 3. The van der Waals surface area contributed by atoms with E-state index in [9.17, 15) is 10.2 Å². The first-order valence-electron chi connectivity index (χ1n) is 9.00. The van der Waals surface area contributed by atoms with Crippen molar-refractivity contribution >= 4 is 17.2 Å². The molecule has 1 aliphatic heterocycles. The van der Waals surface area contributed by atoms with Crippen LogP contribution in [0.2, 0.25) is 0 Å². The van der Waals surface area contributed by atoms with Gasteiger partial charge in [0.2, 0.25) is 0 Å². The van der Waals surface area contributed by atoms with E-state index in [-0.39, 0.29) is 40.2 Å². The maximum Gasteiger partial charge on any atom is 0.319 e. The Morgan fingerprint density at radius 2 is 1.69 bits per heavy atom. The number of nitrogens with zero attached hydrogens (tertiary/aromatic N) is 4. The van der Waals surface area contributed by atoms with Crippen molar-refractivity contribution in [2.45, 2.75) is 0 Å². The summed E-state index contributed by atoms with van der Waals surface area (Å²) in [6.45, 7) is 3.01. The summed E-state index contributed by atoms with van der Waals surface area (Å²) in [5, 5.41) is 36.0. The molecule has 0 aliphatic carbocycles. The van der Waals surface area contributed by atoms with Crippen molar-refractivity contribution < 1.29 is 14.9 Å². The number of benzene rings is 2. The zero-order valence-electron chi connectivity index (χ0n) is 15.5. The van der Waals surface area contributed by atoms with Gasteiger partial charge in [0, 0.05) is 36.1 Å². The average Bonchev–Trinajstić information content (AvgIpc) is 3.10. The number of ether oxygens (including phenoxy) is 1. The third-order valence-corrected chi connectivity index (χ3v) is 4.83. The number of anilines is 2. The third kappa shape index (κ3) is 3.41. The van der Waals surface area contributed by atoms with E-state index >= 15 is 0 Å². The largest absolute Gasteiger partial charge is 0.507 e. The fourth-order valence-corrected chi connectivity index (χ4v) is 3.34. The zero-order chi connectivity index (χ0) is 20.5. The van der Waals surface area contributed by atoms with E-state index in [2.05, 4.69) is 15.1 Å². The molecule has 10 heteroatoms. The molecule has 0 bridgehead atoms. The smallest absolute Gasteiger partial charge is 0.319 e. The molecule has 0 atom stereocenters. The van der Waals surface area contributed by atoms with Crippen LogP contribution in [0.15, 0.2) is 36.4 Å². The summed E-state index contributed by atoms with van der Waals surface area (Å²) >= 11 is 0. The Hall–Kier alpha value is -3.79. The predicted octanol–water partition coefficient (Wildman–Crippen LogP) is 1.05. The highest BCUT2D eigenvalue weighted by molar-refractivity contribution is 6.01. The van der Waals surface area contributed by atoms with Gasteiger partial charge in [0.15, 0.2) is 5.82 Å². The second-order valence-electron chi connectivity index (χ2n) is 6.65. The number of nitrogens with one attached hydrogen (secondary N) is 1. The molecule has 4 rings (SSSR count). The van der Waals surface area contributed by atoms with E-state index in [0.29, 0.717) is 18.9 Å². The van der Waals surface area contributed by atoms with Crippen LogP contribution in [-0.4, -0.2) is 57.1 Å². The van der Waals surface area contributed by atoms with Crippen LogP contribution in [0.5, 0.6) is 11.8 Å². The molecule has 7 N–H and O–H groups in total. The van der Waals surface area contributed by atoms with E-state index < -0.39 is 0 Å². The number of morpholine rings is 1. The number of hydrogen-bond acceptors (Lipinski definition) is 8. The van der Waals surface area contributed by atoms with E-state index in [1.54, 1.807) is 0 Å². The van der Waals surface area contributed by atoms with Gasteiger partial charge < -0.3 is 31.3 Å². The monoisotopic (exact) mass is 395 g/mol. The van der Waals surface area contributed by atoms with E-state index in [4.69, 9.17) is 21.6 Å². The lowest BCUT2D eigenvalue weighted by atomic mass is 10.1. The molecule has 0 spiro atoms. The Bertz CT molecular complexity index is 1060. The van der Waals surface area contributed by atoms with Crippen molar-refractivity contribution in [1.82, 2.24) is 14.8 Å². The Balaban J connectivity index is 1.75. The lowest BCUT2D eigenvalue weighted by Crippen LogP contribution is -2.36. The van der Waals surface area contributed by atoms with E-state index in [1.165, 1.54) is 16.7 Å². The standard InChI is InChI=1S/C19H21N7O3/c20-15-10-16(27)14(9-13(15)17(21)22)18-23-24-19(28)26(18)12-3-1-11(2-4-12)25-5-7-29-8-6-25/h1-4,9-10,27H,5-8,20H2,(H3,21,22)(H,24,28). The number of phenols is 1. The van der Waals surface area contributed by atoms with Crippen LogP contribution in [0.3, 0.4) is 0 Å². The lowest BCUT2D eigenvalue weighted by molar-refractivity contribution is 0.122. The number of nitrogen functional groups attached to an aromatic ring is 2. The summed E-state index contributed by atoms with van der Waals surface area (Å²) in [6.07, 6.45) is 0. The Labute approximate surface area is 166 Å². The lowest BCUT2D eigenvalue weighted by Gasteiger charge is -2.29. The minimum absolute atomic E-state index is 0.161. The molecule has 150 valence electrons. The first-order valence-corrected chi connectivity index (χ1v) is 9.00. The van der Waals surface area contributed by atoms with Crippen molar-refractivity contribution in [1.29, 1.82) is 5.41 Å². The maximum absolute atomic E-state index is 10.4. The van der Waals surface area contributed by atoms with Crippen molar-refractivity contribution in [3.8, 4) is 28.8 Å². The molecule has 1 saturated heterocycles. The minimum atomic E-state index is -0.334. The third-order valence-electron chi connectivity index (χ3n) is 4.83. The van der Waals surface area contributed by atoms with Crippen molar-refractivity contribution in [2.75, 3.05) is 36.9 Å². The molecule has 3 aromatic rings. The zero-order valence-corrected chi connectivity index (χ0v) is 15.5. The number of nitrogens with two attached hydrogens (primary N) is 2. The van der Waals surface area contributed by atoms with Crippen LogP contribution in [0, 0.1) is 5.41 Å². The van der Waals surface area contributed by atoms with Crippen LogP contribution in [0.4, 0.5) is 11.4 Å². The van der Waals surface area contributed by atoms with Gasteiger partial charge in [0.1, 0.15) is 11.6 Å². The molecule has 29 heavy (non-hydrogen) atoms. The minimum Gasteiger partial charge on any atom is -0.507 e. The van der Waals surface area contributed by atoms with Crippen LogP contribution in [-0.2, 0) is 4.74 Å². The van der Waals surface area contributed by atoms with Gasteiger partial charge in [-0.15, -0.1) is 5.10 Å². The van der Waals surface area contributed by atoms with Crippen molar-refractivity contribution in [3.05, 3.63) is 42.0 Å². The molecule has 2 heterocycles. The van der Waals surface area contributed by atoms with Gasteiger partial charge >= 0.3 is 6.01 Å². The van der Waals surface area contributed by atoms with Crippen LogP contribution < -0.4 is 16.4 Å². The van der Waals surface area contributed by atoms with Crippen LogP contribution in [0.25, 0.3) is 17.1 Å². The Morgan fingerprint density at radius 1 is 1.03 bits per heavy atom. The molecule has 1 fully saturated rings. The molecule has 2 aromatic carbocycles. The van der Waals surface area contributed by atoms with Crippen LogP contribution in [0.1, 0.15) is 5.56 Å². The molecule has 1 aliphatic rings. The first-order chi connectivity index (χ1) is 14.0. The SMILES string of the molecule is N=C(N)c1cc(-c2nnc(O)n2-c2ccc(N3CCOCC3)cc2)c(O)cc1N. The van der Waals surface area contributed by atoms with Gasteiger partial charge in [-0.2, -0.15) is 0 Å². The molecule has 0 unspecified atom stereocenters. The Morgan fingerprint density at radius 3 is 2.34 bits per heavy atom. The highest BCUT2D eigenvalue weighted by atomic mass is 16.5. The molecule has 0 amide bonds. The number of phenolic OH excluding ortho intramolecular Hbond substituents is 1. The fraction of sp³-hybridized carbons (Fsp3) is 0.211. The molecular weight excluding hydrogens is 374 g/mol. The second-order valence-corrected chi connectivity index (χ2v) is 6.65. The van der Waals surface area contributed by atoms with Gasteiger partial charge in [-0.05, 0) is 30.3 Å². The molecule has 10 nitrogen and oxygen atoms in total. The number of aromatic hydroxyl groups is 2. The topological polar surface area (TPSA) is 160 Å². The van der Waals surface area contributed by atoms with Gasteiger partial charge in [-0.3, -0.25) is 5.41 Å². The van der Waals surface area contributed by atoms with Gasteiger partial charge in [0.25, 0.3) is 0 Å². The normalized spacial score (nSPS) is 14.1. The molecule has 0 saturated carbocycles. The van der Waals surface area contributed by atoms with Crippen molar-refractivity contribution in [2.24, 2.45) is 5.73 Å². The van der Waals surface area contributed by atoms with Crippen LogP contribution >= 0.6 is 0 Å². The highest BCUT2D eigenvalue weighted by Crippen LogP contribution is 2.35. The maximum atomic E-state index is 10.4. The average molecular weight is 395 g/mol. The second kappa shape index (κ2) is 7.32. The van der Waals surface area contributed by atoms with E-state index in [0.717, 1.165) is 18.8 Å². The van der Waals surface area contributed by atoms with E-state index in [1.807, 2.05) is 24.3 Å². The summed E-state index contributed by atoms with van der Waals surface area (Å²) in [7, 11) is 0. The predicted molar refractivity (Wildman–Crippen MR) is 109 cm³/mol. The summed E-state index contributed by atoms with van der Waals surface area (Å²) in [6, 6.07) is 9.95. The summed E-state index contributed by atoms with van der Waals surface area (Å²) in [5.74, 6) is -0.207. The number of rotatable bonds is 4. The fourth-order valence-electron chi connectivity index (χ4n) is 3.34. The first kappa shape index (κ1) is 18.6. The molecule has 1 aromatic heterocycles. The molecule has 0 radical (unpaired) electrons. The molecular formula is C19H21N7O3. The summed E-state index contributed by atoms with van der Waals surface area (Å²) < 4.78 is 6.78.